The van der Waals surface area contributed by atoms with Gasteiger partial charge in [0.25, 0.3) is 0 Å². The molecule has 0 saturated carbocycles. The maximum atomic E-state index is 11.7. The molecule has 790 valence electrons. The largest absolute Gasteiger partial charge is 0.345 e. The number of nitrogens with one attached hydrogen (secondary N) is 7. The van der Waals surface area contributed by atoms with E-state index in [1.165, 1.54) is 84.1 Å². The predicted octanol–water partition coefficient (Wildman–Crippen LogP) is 12.8. The first-order chi connectivity index (χ1) is 57.4. The van der Waals surface area contributed by atoms with Crippen molar-refractivity contribution >= 4 is 162 Å². The topological polar surface area (TPSA) is 558 Å². The highest BCUT2D eigenvalue weighted by atomic mass is 32.5. The standard InChI is InChI=1S/C8H17NOS.C7H17O4PS.C7H15O3PS.C6H15NO2S.2C6H13NO2S.C6H13NO2.C6H15NOS.3C6H13O2P.C5H13NO3S.C5H13NO2S/c1-8(2)7-9-5-4-6-11(9,3)10;1-7(2)4-5-13(10,11)6-12(3,8)9;1-6(2)4-10-11(9,12)5-7(3)8;2*1-6(2)4-5-10(8,9)7-3;1-5(2)6(8)7-10(3,4)9;1-5(2)4-9-7-6(3)8;1-6(2)5-7-9(3,4)8;3*1-6(2)4-5-9(3,7)8;1-5(2)4-9-6-10(3,7)8;1-5(2)4-9(7,8)6-3/h8H,3-7H2,1-2H3;7H,4-6H2,1-3H3,(H,8,9);6H,4-5H2,1-3H3,(H,9,12);6-7H,4-5H2,1-3H3;4-7H,1-3H3;5H,3H2,1-2,4H3,(H,7,8,9);5H,4H2,1-3H3,(H,7,8);6H,3,5H2,1-2,4H3,(H,7,8);3*4-6H,1-3H3,(H,7,8);5-6H,4H2,1-3H3;5-6H,4H2,1-3H3/b;;;;5-4+;;;;3*5-4+;;. The molecule has 1 fully saturated rings. The van der Waals surface area contributed by atoms with E-state index in [-0.39, 0.29) is 58.8 Å². The van der Waals surface area contributed by atoms with Crippen molar-refractivity contribution in [3.8, 4) is 0 Å². The second-order valence-electron chi connectivity index (χ2n) is 35.9. The number of carbonyl (C=O) groups excluding carboxylic acids is 3. The average Bonchev–Trinajstić information content (AvgIpc) is 1.69. The smallest absolute Gasteiger partial charge is 0.240 e. The van der Waals surface area contributed by atoms with Crippen LogP contribution in [0.15, 0.2) is 47.2 Å². The third kappa shape index (κ3) is 163. The number of carbonyl (C=O) groups is 3. The molecule has 0 radical (unpaired) electrons. The Kier molecular flexibility index (Phi) is 93.6. The van der Waals surface area contributed by atoms with Crippen LogP contribution in [0.5, 0.6) is 0 Å². The number of sulfone groups is 1. The number of rotatable bonds is 40. The van der Waals surface area contributed by atoms with E-state index in [0.717, 1.165) is 51.1 Å². The van der Waals surface area contributed by atoms with Crippen LogP contribution in [0.1, 0.15) is 213 Å². The molecule has 1 rings (SSSR count). The fourth-order valence-electron chi connectivity index (χ4n) is 6.46. The molecule has 36 nitrogen and oxygen atoms in total. The molecule has 50 heteroatoms. The van der Waals surface area contributed by atoms with E-state index < -0.39 is 121 Å². The SMILES string of the molecule is C=S(C)(=O)NC(=O)C(C)C.C=S(C)(=O)NCC(C)C.C=S1(=O)CCCN1CC(C)C.CC(=O)CP(O)(=S)OCC(C)C.CC(=O)NOCC(C)C.CC(C)/C=C/P(C)(=O)O.CC(C)/C=C/P(C)(=O)O.CC(C)/C=C/P(C)(=O)O.CC(C)CCS(=O)(=O)CP(C)(=O)O.CC(C)CONS(C)(=O)=O.CNS(=O)(=O)/C=C/C(C)C.CNS(=O)(=O)CC(C)C.CNS(=O)(=O)CCC(C)C. The summed E-state index contributed by atoms with van der Waals surface area (Å²) in [5.41, 5.74) is 1.65. The summed E-state index contributed by atoms with van der Waals surface area (Å²) in [5.74, 6) is 19.7. The first-order valence-electron chi connectivity index (χ1n) is 42.1. The van der Waals surface area contributed by atoms with Gasteiger partial charge in [0, 0.05) is 112 Å². The Balaban J connectivity index is -0.000000116. The predicted molar refractivity (Wildman–Crippen MR) is 561 cm³/mol. The summed E-state index contributed by atoms with van der Waals surface area (Å²) >= 11 is 4.76. The van der Waals surface area contributed by atoms with Gasteiger partial charge in [0.15, 0.2) is 16.3 Å². The van der Waals surface area contributed by atoms with Gasteiger partial charge in [-0.05, 0) is 165 Å². The molecule has 8 atom stereocenters. The quantitative estimate of drug-likeness (QED) is 0.0154. The van der Waals surface area contributed by atoms with E-state index in [2.05, 4.69) is 79.2 Å². The van der Waals surface area contributed by atoms with Gasteiger partial charge < -0.3 is 29.0 Å². The van der Waals surface area contributed by atoms with Crippen molar-refractivity contribution in [2.75, 3.05) is 141 Å². The van der Waals surface area contributed by atoms with Crippen LogP contribution in [-0.4, -0.2) is 259 Å². The lowest BCUT2D eigenvalue weighted by Gasteiger charge is -2.19. The molecule has 2 amide bonds. The molecule has 1 heterocycles. The molecule has 1 saturated heterocycles. The Morgan fingerprint density at radius 1 is 0.508 bits per heavy atom. The van der Waals surface area contributed by atoms with E-state index in [9.17, 15) is 92.3 Å². The summed E-state index contributed by atoms with van der Waals surface area (Å²) in [6, 6.07) is 0. The average molecular weight is 2150 g/mol. The zero-order chi connectivity index (χ0) is 107. The van der Waals surface area contributed by atoms with Gasteiger partial charge in [-0.1, -0.05) is 209 Å². The van der Waals surface area contributed by atoms with Gasteiger partial charge in [-0.3, -0.25) is 55.5 Å². The second kappa shape index (κ2) is 79.1. The third-order valence-electron chi connectivity index (χ3n) is 12.6. The third-order valence-corrected chi connectivity index (χ3v) is 29.5. The summed E-state index contributed by atoms with van der Waals surface area (Å²) in [4.78, 5) is 87.5. The first kappa shape index (κ1) is 154. The molecule has 1 aliphatic rings. The molecule has 130 heavy (non-hydrogen) atoms. The molecule has 0 bridgehead atoms. The van der Waals surface area contributed by atoms with E-state index in [1.54, 1.807) is 44.4 Å². The lowest BCUT2D eigenvalue weighted by molar-refractivity contribution is -0.132. The van der Waals surface area contributed by atoms with Crippen molar-refractivity contribution in [3.63, 3.8) is 0 Å². The fraction of sp³-hybridized carbons (Fsp3) is 0.825. The van der Waals surface area contributed by atoms with Crippen molar-refractivity contribution < 1.29 is 126 Å². The van der Waals surface area contributed by atoms with Gasteiger partial charge in [0.1, 0.15) is 11.3 Å². The van der Waals surface area contributed by atoms with E-state index in [4.69, 9.17) is 40.7 Å². The zero-order valence-electron chi connectivity index (χ0n) is 85.8. The Morgan fingerprint density at radius 3 is 1.09 bits per heavy atom. The number of allylic oxidation sites excluding steroid dienone is 4. The summed E-state index contributed by atoms with van der Waals surface area (Å²) in [5, 5.41) is 1.18. The fourth-order valence-corrected chi connectivity index (χ4v) is 20.8. The van der Waals surface area contributed by atoms with Crippen LogP contribution in [0.2, 0.25) is 0 Å². The normalized spacial score (nSPS) is 16.9. The van der Waals surface area contributed by atoms with E-state index in [1.807, 2.05) is 148 Å². The van der Waals surface area contributed by atoms with E-state index in [0.29, 0.717) is 85.4 Å². The number of nitrogens with zero attached hydrogens (tertiary/aromatic N) is 1. The summed E-state index contributed by atoms with van der Waals surface area (Å²) in [6.07, 6.45) is 13.2. The van der Waals surface area contributed by atoms with Crippen molar-refractivity contribution in [1.82, 2.24) is 38.3 Å². The van der Waals surface area contributed by atoms with Crippen molar-refractivity contribution in [1.29, 1.82) is 0 Å². The minimum absolute atomic E-state index is 0.00303. The molecule has 12 N–H and O–H groups in total. The van der Waals surface area contributed by atoms with Crippen LogP contribution >= 0.6 is 36.0 Å². The van der Waals surface area contributed by atoms with Crippen LogP contribution in [0, 0.1) is 76.9 Å². The van der Waals surface area contributed by atoms with Gasteiger partial charge in [-0.25, -0.2) is 75.0 Å². The van der Waals surface area contributed by atoms with Gasteiger partial charge in [-0.2, -0.15) is 0 Å². The van der Waals surface area contributed by atoms with Gasteiger partial charge in [-0.15, -0.1) is 0 Å². The summed E-state index contributed by atoms with van der Waals surface area (Å²) in [7, 11) is -29.7. The van der Waals surface area contributed by atoms with Crippen LogP contribution in [0.4, 0.5) is 0 Å². The van der Waals surface area contributed by atoms with Crippen LogP contribution in [-0.2, 0) is 138 Å². The molecule has 1 aliphatic heterocycles. The lowest BCUT2D eigenvalue weighted by Crippen LogP contribution is -2.32. The molecular weight excluding hydrogens is 1960 g/mol. The van der Waals surface area contributed by atoms with Gasteiger partial charge in [0.2, 0.25) is 81.4 Å². The zero-order valence-corrected chi connectivity index (χ0v) is 97.7. The number of hydrogen-bond acceptors (Lipinski definition) is 24. The van der Waals surface area contributed by atoms with Gasteiger partial charge >= 0.3 is 0 Å². The monoisotopic (exact) mass is 2150 g/mol. The number of ketones is 1. The molecule has 8 unspecified atom stereocenters. The van der Waals surface area contributed by atoms with Crippen molar-refractivity contribution in [3.05, 3.63) is 47.2 Å². The molecule has 0 aromatic heterocycles. The minimum Gasteiger partial charge on any atom is -0.345 e. The van der Waals surface area contributed by atoms with Gasteiger partial charge in [0.05, 0.1) is 49.5 Å². The number of amides is 2. The maximum Gasteiger partial charge on any atom is 0.240 e. The highest BCUT2D eigenvalue weighted by Crippen LogP contribution is 2.43. The van der Waals surface area contributed by atoms with Crippen molar-refractivity contribution in [2.45, 2.75) is 213 Å². The van der Waals surface area contributed by atoms with E-state index >= 15 is 0 Å². The molecule has 0 aromatic rings. The second-order valence-corrected chi connectivity index (χ2v) is 65.5. The Bertz CT molecular complexity index is 4260. The maximum absolute atomic E-state index is 11.7. The Hall–Kier alpha value is -1.61. The molecule has 0 aliphatic carbocycles. The van der Waals surface area contributed by atoms with Crippen LogP contribution < -0.4 is 34.0 Å². The minimum atomic E-state index is -3.44. The number of sulfonamides is 4. The molecule has 0 spiro atoms. The van der Waals surface area contributed by atoms with Crippen LogP contribution in [0.3, 0.4) is 0 Å². The summed E-state index contributed by atoms with van der Waals surface area (Å²) < 4.78 is 203. The Labute approximate surface area is 798 Å². The Morgan fingerprint density at radius 2 is 0.877 bits per heavy atom. The number of hydrogen-bond donors (Lipinski definition) is 12. The summed E-state index contributed by atoms with van der Waals surface area (Å²) in [6.45, 7) is 60.0. The number of Topliss-reactive ketones (excluding diaryl/α,β-unsaturated/α-hetero) is 1. The highest BCUT2D eigenvalue weighted by Gasteiger charge is 2.24. The highest BCUT2D eigenvalue weighted by molar-refractivity contribution is 8.09. The number of hydroxylamine groups is 1. The van der Waals surface area contributed by atoms with Crippen molar-refractivity contribution in [2.24, 2.45) is 76.9 Å². The first-order valence-corrected chi connectivity index (χ1v) is 68.5. The molecular formula is C80H183N8O28P5S9. The van der Waals surface area contributed by atoms with Crippen LogP contribution in [0.25, 0.3) is 0 Å². The molecule has 0 aromatic carbocycles. The lowest BCUT2D eigenvalue weighted by atomic mass is 10.2.